The zero-order valence-corrected chi connectivity index (χ0v) is 17.8. The molecule has 0 bridgehead atoms. The van der Waals surface area contributed by atoms with E-state index in [9.17, 15) is 14.0 Å². The lowest BCUT2D eigenvalue weighted by Gasteiger charge is -2.36. The van der Waals surface area contributed by atoms with Gasteiger partial charge >= 0.3 is 0 Å². The van der Waals surface area contributed by atoms with Crippen molar-refractivity contribution in [3.05, 3.63) is 71.5 Å². The van der Waals surface area contributed by atoms with Gasteiger partial charge in [-0.1, -0.05) is 56.7 Å². The molecule has 1 fully saturated rings. The fourth-order valence-corrected chi connectivity index (χ4v) is 4.04. The van der Waals surface area contributed by atoms with Crippen molar-refractivity contribution in [2.24, 2.45) is 11.8 Å². The van der Waals surface area contributed by atoms with Crippen LogP contribution in [0.4, 0.5) is 4.39 Å². The van der Waals surface area contributed by atoms with Crippen LogP contribution in [0.5, 0.6) is 0 Å². The standard InChI is InChI=1S/C25H31FN2O2/c1-3-18(2)23(27-24(29)21-10-7-11-22(26)17-21)25(30)28-14-12-20(13-15-28)16-19-8-5-4-6-9-19/h4-11,17-18,20,23H,3,12-16H2,1-2H3,(H,27,29). The zero-order valence-electron chi connectivity index (χ0n) is 17.8. The van der Waals surface area contributed by atoms with E-state index in [0.717, 1.165) is 25.7 Å². The van der Waals surface area contributed by atoms with E-state index >= 15 is 0 Å². The Balaban J connectivity index is 1.61. The molecule has 2 atom stereocenters. The summed E-state index contributed by atoms with van der Waals surface area (Å²) in [5, 5.41) is 2.86. The molecule has 0 aromatic heterocycles. The molecule has 160 valence electrons. The van der Waals surface area contributed by atoms with Crippen LogP contribution in [0, 0.1) is 17.7 Å². The zero-order chi connectivity index (χ0) is 21.5. The Labute approximate surface area is 178 Å². The van der Waals surface area contributed by atoms with Crippen LogP contribution < -0.4 is 5.32 Å². The average Bonchev–Trinajstić information content (AvgIpc) is 2.77. The summed E-state index contributed by atoms with van der Waals surface area (Å²) in [7, 11) is 0. The lowest BCUT2D eigenvalue weighted by atomic mass is 9.89. The summed E-state index contributed by atoms with van der Waals surface area (Å²) in [6, 6.07) is 15.4. The Bertz CT molecular complexity index is 847. The number of carbonyl (C=O) groups excluding carboxylic acids is 2. The second kappa shape index (κ2) is 10.4. The number of piperidine rings is 1. The van der Waals surface area contributed by atoms with E-state index in [2.05, 4.69) is 29.6 Å². The van der Waals surface area contributed by atoms with Crippen molar-refractivity contribution in [1.29, 1.82) is 0 Å². The Morgan fingerprint density at radius 3 is 2.43 bits per heavy atom. The molecule has 0 spiro atoms. The molecule has 2 unspecified atom stereocenters. The third-order valence-corrected chi connectivity index (χ3v) is 6.15. The van der Waals surface area contributed by atoms with Gasteiger partial charge in [-0.05, 0) is 54.9 Å². The third kappa shape index (κ3) is 5.68. The van der Waals surface area contributed by atoms with Crippen molar-refractivity contribution in [1.82, 2.24) is 10.2 Å². The van der Waals surface area contributed by atoms with Crippen LogP contribution in [0.3, 0.4) is 0 Å². The minimum absolute atomic E-state index is 0.00273. The average molecular weight is 411 g/mol. The van der Waals surface area contributed by atoms with E-state index in [1.165, 1.54) is 23.8 Å². The molecule has 0 aliphatic carbocycles. The first kappa shape index (κ1) is 22.0. The molecule has 4 nitrogen and oxygen atoms in total. The van der Waals surface area contributed by atoms with Crippen molar-refractivity contribution < 1.29 is 14.0 Å². The highest BCUT2D eigenvalue weighted by Crippen LogP contribution is 2.23. The first-order valence-electron chi connectivity index (χ1n) is 10.9. The fraction of sp³-hybridized carbons (Fsp3) is 0.440. The molecule has 1 saturated heterocycles. The summed E-state index contributed by atoms with van der Waals surface area (Å²) in [6.45, 7) is 5.39. The molecule has 30 heavy (non-hydrogen) atoms. The van der Waals surface area contributed by atoms with Crippen LogP contribution in [-0.2, 0) is 11.2 Å². The fourth-order valence-electron chi connectivity index (χ4n) is 4.04. The van der Waals surface area contributed by atoms with Gasteiger partial charge in [0.15, 0.2) is 0 Å². The molecule has 1 aliphatic rings. The van der Waals surface area contributed by atoms with E-state index < -0.39 is 17.8 Å². The van der Waals surface area contributed by atoms with Gasteiger partial charge in [0.25, 0.3) is 5.91 Å². The molecule has 5 heteroatoms. The van der Waals surface area contributed by atoms with Gasteiger partial charge < -0.3 is 10.2 Å². The smallest absolute Gasteiger partial charge is 0.252 e. The number of benzene rings is 2. The first-order valence-corrected chi connectivity index (χ1v) is 10.9. The highest BCUT2D eigenvalue weighted by atomic mass is 19.1. The molecule has 2 amide bonds. The molecular formula is C25H31FN2O2. The van der Waals surface area contributed by atoms with Crippen LogP contribution in [0.15, 0.2) is 54.6 Å². The molecule has 0 saturated carbocycles. The highest BCUT2D eigenvalue weighted by molar-refractivity contribution is 5.97. The van der Waals surface area contributed by atoms with Crippen LogP contribution in [0.1, 0.15) is 49.0 Å². The second-order valence-electron chi connectivity index (χ2n) is 8.31. The Morgan fingerprint density at radius 2 is 1.80 bits per heavy atom. The molecule has 1 N–H and O–H groups in total. The van der Waals surface area contributed by atoms with Crippen LogP contribution in [-0.4, -0.2) is 35.8 Å². The maximum absolute atomic E-state index is 13.5. The quantitative estimate of drug-likeness (QED) is 0.733. The van der Waals surface area contributed by atoms with E-state index in [4.69, 9.17) is 0 Å². The summed E-state index contributed by atoms with van der Waals surface area (Å²) in [5.74, 6) is -0.341. The highest BCUT2D eigenvalue weighted by Gasteiger charge is 2.32. The Morgan fingerprint density at radius 1 is 1.10 bits per heavy atom. The minimum atomic E-state index is -0.601. The van der Waals surface area contributed by atoms with Crippen LogP contribution in [0.2, 0.25) is 0 Å². The molecule has 2 aromatic carbocycles. The van der Waals surface area contributed by atoms with Gasteiger partial charge in [0, 0.05) is 18.7 Å². The van der Waals surface area contributed by atoms with Gasteiger partial charge in [-0.2, -0.15) is 0 Å². The lowest BCUT2D eigenvalue weighted by molar-refractivity contribution is -0.135. The lowest BCUT2D eigenvalue weighted by Crippen LogP contribution is -2.53. The van der Waals surface area contributed by atoms with Gasteiger partial charge in [0.05, 0.1) is 0 Å². The summed E-state index contributed by atoms with van der Waals surface area (Å²) >= 11 is 0. The van der Waals surface area contributed by atoms with Gasteiger partial charge in [-0.15, -0.1) is 0 Å². The number of rotatable bonds is 7. The Kier molecular flexibility index (Phi) is 7.61. The number of carbonyl (C=O) groups is 2. The first-order chi connectivity index (χ1) is 14.5. The number of likely N-dealkylation sites (tertiary alicyclic amines) is 1. The monoisotopic (exact) mass is 410 g/mol. The SMILES string of the molecule is CCC(C)C(NC(=O)c1cccc(F)c1)C(=O)N1CCC(Cc2ccccc2)CC1. The van der Waals surface area contributed by atoms with Crippen molar-refractivity contribution >= 4 is 11.8 Å². The number of nitrogens with zero attached hydrogens (tertiary/aromatic N) is 1. The van der Waals surface area contributed by atoms with Crippen LogP contribution in [0.25, 0.3) is 0 Å². The summed E-state index contributed by atoms with van der Waals surface area (Å²) < 4.78 is 13.5. The van der Waals surface area contributed by atoms with Crippen molar-refractivity contribution in [2.75, 3.05) is 13.1 Å². The maximum Gasteiger partial charge on any atom is 0.252 e. The molecule has 1 aliphatic heterocycles. The third-order valence-electron chi connectivity index (χ3n) is 6.15. The number of amides is 2. The minimum Gasteiger partial charge on any atom is -0.341 e. The topological polar surface area (TPSA) is 49.4 Å². The number of hydrogen-bond acceptors (Lipinski definition) is 2. The number of hydrogen-bond donors (Lipinski definition) is 1. The van der Waals surface area contributed by atoms with Gasteiger partial charge in [0.2, 0.25) is 5.91 Å². The summed E-state index contributed by atoms with van der Waals surface area (Å²) in [5.41, 5.74) is 1.57. The normalized spacial score (nSPS) is 16.7. The van der Waals surface area contributed by atoms with Crippen LogP contribution >= 0.6 is 0 Å². The maximum atomic E-state index is 13.5. The predicted octanol–water partition coefficient (Wildman–Crippen LogP) is 4.45. The van der Waals surface area contributed by atoms with Crippen molar-refractivity contribution in [2.45, 2.75) is 45.6 Å². The largest absolute Gasteiger partial charge is 0.341 e. The van der Waals surface area contributed by atoms with Gasteiger partial charge in [-0.3, -0.25) is 9.59 Å². The Hall–Kier alpha value is -2.69. The van der Waals surface area contributed by atoms with E-state index in [1.807, 2.05) is 24.8 Å². The van der Waals surface area contributed by atoms with E-state index in [-0.39, 0.29) is 17.4 Å². The molecule has 2 aromatic rings. The molecule has 3 rings (SSSR count). The molecule has 1 heterocycles. The van der Waals surface area contributed by atoms with Gasteiger partial charge in [-0.25, -0.2) is 4.39 Å². The summed E-state index contributed by atoms with van der Waals surface area (Å²) in [4.78, 5) is 27.7. The predicted molar refractivity (Wildman–Crippen MR) is 117 cm³/mol. The van der Waals surface area contributed by atoms with Gasteiger partial charge in [0.1, 0.15) is 11.9 Å². The van der Waals surface area contributed by atoms with E-state index in [1.54, 1.807) is 6.07 Å². The van der Waals surface area contributed by atoms with E-state index in [0.29, 0.717) is 19.0 Å². The molecule has 0 radical (unpaired) electrons. The van der Waals surface area contributed by atoms with Crippen molar-refractivity contribution in [3.63, 3.8) is 0 Å². The summed E-state index contributed by atoms with van der Waals surface area (Å²) in [6.07, 6.45) is 3.73. The number of halogens is 1. The molecular weight excluding hydrogens is 379 g/mol. The number of nitrogens with one attached hydrogen (secondary N) is 1. The van der Waals surface area contributed by atoms with Crippen molar-refractivity contribution in [3.8, 4) is 0 Å². The second-order valence-corrected chi connectivity index (χ2v) is 8.31.